The molecule has 24 heavy (non-hydrogen) atoms. The Bertz CT molecular complexity index is 659. The van der Waals surface area contributed by atoms with Gasteiger partial charge in [-0.3, -0.25) is 4.90 Å². The molecule has 2 aromatic carbocycles. The number of rotatable bonds is 6. The monoisotopic (exact) mass is 332 g/mol. The minimum Gasteiger partial charge on any atom is -0.379 e. The molecule has 128 valence electrons. The lowest BCUT2D eigenvalue weighted by atomic mass is 10.0. The molecular formula is C19H22F2N2O. The van der Waals surface area contributed by atoms with Crippen LogP contribution in [0.5, 0.6) is 0 Å². The summed E-state index contributed by atoms with van der Waals surface area (Å²) in [6.45, 7) is 4.05. The Kier molecular flexibility index (Phi) is 5.91. The summed E-state index contributed by atoms with van der Waals surface area (Å²) in [5, 5.41) is 3.31. The molecule has 0 saturated carbocycles. The lowest BCUT2D eigenvalue weighted by molar-refractivity contribution is 0.0160. The van der Waals surface area contributed by atoms with Gasteiger partial charge in [0.15, 0.2) is 0 Å². The Hall–Kier alpha value is -1.82. The Labute approximate surface area is 141 Å². The van der Waals surface area contributed by atoms with Gasteiger partial charge in [-0.25, -0.2) is 8.78 Å². The summed E-state index contributed by atoms with van der Waals surface area (Å²) in [5.41, 5.74) is 1.57. The number of benzene rings is 2. The van der Waals surface area contributed by atoms with Gasteiger partial charge < -0.3 is 10.1 Å². The lowest BCUT2D eigenvalue weighted by Gasteiger charge is -2.35. The van der Waals surface area contributed by atoms with Crippen molar-refractivity contribution in [2.75, 3.05) is 32.8 Å². The molecule has 0 aliphatic carbocycles. The third-order valence-corrected chi connectivity index (χ3v) is 4.33. The maximum absolute atomic E-state index is 13.7. The van der Waals surface area contributed by atoms with E-state index < -0.39 is 0 Å². The van der Waals surface area contributed by atoms with Crippen molar-refractivity contribution < 1.29 is 13.5 Å². The lowest BCUT2D eigenvalue weighted by Crippen LogP contribution is -2.42. The number of nitrogens with zero attached hydrogens (tertiary/aromatic N) is 1. The fraction of sp³-hybridized carbons (Fsp3) is 0.368. The zero-order valence-electron chi connectivity index (χ0n) is 13.6. The van der Waals surface area contributed by atoms with Crippen molar-refractivity contribution in [2.45, 2.75) is 12.6 Å². The fourth-order valence-corrected chi connectivity index (χ4v) is 3.05. The predicted octanol–water partition coefficient (Wildman–Crippen LogP) is 3.13. The average molecular weight is 332 g/mol. The number of nitrogens with one attached hydrogen (secondary N) is 1. The molecule has 0 amide bonds. The molecule has 1 heterocycles. The molecule has 1 fully saturated rings. The van der Waals surface area contributed by atoms with Crippen LogP contribution in [-0.2, 0) is 11.3 Å². The molecule has 1 unspecified atom stereocenters. The van der Waals surface area contributed by atoms with Crippen LogP contribution in [0, 0.1) is 11.6 Å². The van der Waals surface area contributed by atoms with Crippen molar-refractivity contribution in [1.29, 1.82) is 0 Å². The normalized spacial score (nSPS) is 16.9. The number of hydrogen-bond donors (Lipinski definition) is 1. The van der Waals surface area contributed by atoms with Crippen molar-refractivity contribution in [3.63, 3.8) is 0 Å². The van der Waals surface area contributed by atoms with Crippen LogP contribution in [0.2, 0.25) is 0 Å². The first-order valence-corrected chi connectivity index (χ1v) is 8.25. The van der Waals surface area contributed by atoms with Crippen LogP contribution < -0.4 is 5.32 Å². The molecule has 3 rings (SSSR count). The third-order valence-electron chi connectivity index (χ3n) is 4.33. The van der Waals surface area contributed by atoms with Gasteiger partial charge in [-0.15, -0.1) is 0 Å². The zero-order chi connectivity index (χ0) is 16.8. The van der Waals surface area contributed by atoms with Crippen molar-refractivity contribution in [3.05, 3.63) is 71.3 Å². The molecule has 1 aliphatic heterocycles. The second-order valence-corrected chi connectivity index (χ2v) is 5.94. The van der Waals surface area contributed by atoms with Crippen LogP contribution in [0.1, 0.15) is 17.2 Å². The highest BCUT2D eigenvalue weighted by atomic mass is 19.1. The predicted molar refractivity (Wildman–Crippen MR) is 89.6 cm³/mol. The van der Waals surface area contributed by atoms with Gasteiger partial charge in [-0.1, -0.05) is 30.3 Å². The highest BCUT2D eigenvalue weighted by Crippen LogP contribution is 2.22. The van der Waals surface area contributed by atoms with Crippen molar-refractivity contribution in [3.8, 4) is 0 Å². The minimum absolute atomic E-state index is 0.0383. The van der Waals surface area contributed by atoms with Gasteiger partial charge in [0.2, 0.25) is 0 Å². The summed E-state index contributed by atoms with van der Waals surface area (Å²) in [7, 11) is 0. The van der Waals surface area contributed by atoms with Crippen LogP contribution in [0.3, 0.4) is 0 Å². The average Bonchev–Trinajstić information content (AvgIpc) is 2.61. The van der Waals surface area contributed by atoms with Crippen molar-refractivity contribution >= 4 is 0 Å². The van der Waals surface area contributed by atoms with E-state index in [4.69, 9.17) is 4.74 Å². The van der Waals surface area contributed by atoms with E-state index in [1.807, 2.05) is 12.1 Å². The summed E-state index contributed by atoms with van der Waals surface area (Å²) < 4.78 is 32.8. The molecule has 1 N–H and O–H groups in total. The maximum atomic E-state index is 13.7. The maximum Gasteiger partial charge on any atom is 0.127 e. The van der Waals surface area contributed by atoms with Crippen LogP contribution >= 0.6 is 0 Å². The molecule has 1 aliphatic rings. The minimum atomic E-state index is -0.236. The van der Waals surface area contributed by atoms with E-state index in [0.717, 1.165) is 18.7 Å². The summed E-state index contributed by atoms with van der Waals surface area (Å²) in [6.07, 6.45) is 0. The Morgan fingerprint density at radius 2 is 1.83 bits per heavy atom. The zero-order valence-corrected chi connectivity index (χ0v) is 13.6. The molecule has 1 atom stereocenters. The molecule has 3 nitrogen and oxygen atoms in total. The van der Waals surface area contributed by atoms with E-state index in [-0.39, 0.29) is 17.7 Å². The first kappa shape index (κ1) is 17.0. The van der Waals surface area contributed by atoms with E-state index >= 15 is 0 Å². The largest absolute Gasteiger partial charge is 0.379 e. The van der Waals surface area contributed by atoms with E-state index in [9.17, 15) is 8.78 Å². The quantitative estimate of drug-likeness (QED) is 0.880. The van der Waals surface area contributed by atoms with E-state index in [1.165, 1.54) is 12.1 Å². The van der Waals surface area contributed by atoms with Crippen molar-refractivity contribution in [2.24, 2.45) is 0 Å². The summed E-state index contributed by atoms with van der Waals surface area (Å²) in [4.78, 5) is 2.28. The van der Waals surface area contributed by atoms with E-state index in [0.29, 0.717) is 31.9 Å². The Morgan fingerprint density at radius 3 is 2.58 bits per heavy atom. The highest BCUT2D eigenvalue weighted by molar-refractivity contribution is 5.21. The van der Waals surface area contributed by atoms with Crippen LogP contribution in [0.15, 0.2) is 48.5 Å². The summed E-state index contributed by atoms with van der Waals surface area (Å²) in [5.74, 6) is -0.446. The van der Waals surface area contributed by atoms with E-state index in [1.54, 1.807) is 24.3 Å². The molecule has 0 aromatic heterocycles. The third kappa shape index (κ3) is 4.38. The summed E-state index contributed by atoms with van der Waals surface area (Å²) in [6, 6.07) is 13.5. The molecule has 0 radical (unpaired) electrons. The van der Waals surface area contributed by atoms with Gasteiger partial charge >= 0.3 is 0 Å². The SMILES string of the molecule is Fc1cccc(C(CNCc2ccccc2F)N2CCOCC2)c1. The number of hydrogen-bond acceptors (Lipinski definition) is 3. The Morgan fingerprint density at radius 1 is 1.04 bits per heavy atom. The molecule has 1 saturated heterocycles. The first-order chi connectivity index (χ1) is 11.7. The summed E-state index contributed by atoms with van der Waals surface area (Å²) >= 11 is 0. The van der Waals surface area contributed by atoms with Gasteiger partial charge in [0.05, 0.1) is 13.2 Å². The molecule has 0 spiro atoms. The molecule has 2 aromatic rings. The van der Waals surface area contributed by atoms with Gasteiger partial charge in [0.25, 0.3) is 0 Å². The van der Waals surface area contributed by atoms with Crippen LogP contribution in [0.4, 0.5) is 8.78 Å². The second-order valence-electron chi connectivity index (χ2n) is 5.94. The Balaban J connectivity index is 1.69. The second kappa shape index (κ2) is 8.33. The smallest absolute Gasteiger partial charge is 0.127 e. The number of ether oxygens (including phenoxy) is 1. The molecule has 0 bridgehead atoms. The highest BCUT2D eigenvalue weighted by Gasteiger charge is 2.22. The van der Waals surface area contributed by atoms with Gasteiger partial charge in [0.1, 0.15) is 11.6 Å². The van der Waals surface area contributed by atoms with Gasteiger partial charge in [0, 0.05) is 37.8 Å². The standard InChI is InChI=1S/C19H22F2N2O/c20-17-6-3-5-15(12-17)19(23-8-10-24-11-9-23)14-22-13-16-4-1-2-7-18(16)21/h1-7,12,19,22H,8-11,13-14H2. The van der Waals surface area contributed by atoms with Gasteiger partial charge in [-0.05, 0) is 23.8 Å². The molecular weight excluding hydrogens is 310 g/mol. The van der Waals surface area contributed by atoms with Crippen LogP contribution in [0.25, 0.3) is 0 Å². The van der Waals surface area contributed by atoms with Crippen molar-refractivity contribution in [1.82, 2.24) is 10.2 Å². The van der Waals surface area contributed by atoms with E-state index in [2.05, 4.69) is 10.2 Å². The number of morpholine rings is 1. The van der Waals surface area contributed by atoms with Gasteiger partial charge in [-0.2, -0.15) is 0 Å². The fourth-order valence-electron chi connectivity index (χ4n) is 3.05. The first-order valence-electron chi connectivity index (χ1n) is 8.25. The number of halogens is 2. The van der Waals surface area contributed by atoms with Crippen LogP contribution in [-0.4, -0.2) is 37.7 Å². The molecule has 5 heteroatoms. The topological polar surface area (TPSA) is 24.5 Å².